The summed E-state index contributed by atoms with van der Waals surface area (Å²) in [6.45, 7) is 3.67. The summed E-state index contributed by atoms with van der Waals surface area (Å²) in [5, 5.41) is 85.0. The van der Waals surface area contributed by atoms with Gasteiger partial charge in [-0.15, -0.1) is 0 Å². The van der Waals surface area contributed by atoms with E-state index in [1.54, 1.807) is 0 Å². The van der Waals surface area contributed by atoms with Crippen LogP contribution in [0, 0.1) is 5.92 Å². The molecule has 0 saturated carbocycles. The second-order valence-electron chi connectivity index (χ2n) is 22.2. The summed E-state index contributed by atoms with van der Waals surface area (Å²) in [6.07, 6.45) is -1.90. The minimum absolute atomic E-state index is 0.00894. The molecular formula is C53H87N11O19. The molecule has 0 radical (unpaired) electrons. The Balaban J connectivity index is 1.75. The van der Waals surface area contributed by atoms with E-state index in [0.29, 0.717) is 23.7 Å². The summed E-state index contributed by atoms with van der Waals surface area (Å²) in [7, 11) is 0. The molecule has 4 rings (SSSR count). The van der Waals surface area contributed by atoms with Crippen LogP contribution in [0.2, 0.25) is 0 Å². The second-order valence-corrected chi connectivity index (χ2v) is 22.2. The maximum absolute atomic E-state index is 14.5. The predicted octanol–water partition coefficient (Wildman–Crippen LogP) is -4.07. The number of nitrogens with zero attached hydrogens (tertiary/aromatic N) is 4. The average Bonchev–Trinajstić information content (AvgIpc) is 4.38. The van der Waals surface area contributed by atoms with Gasteiger partial charge in [-0.1, -0.05) is 71.6 Å². The van der Waals surface area contributed by atoms with Gasteiger partial charge in [-0.3, -0.25) is 43.3 Å². The van der Waals surface area contributed by atoms with Crippen molar-refractivity contribution in [2.45, 2.75) is 222 Å². The van der Waals surface area contributed by atoms with E-state index < -0.39 is 164 Å². The van der Waals surface area contributed by atoms with Crippen LogP contribution >= 0.6 is 0 Å². The van der Waals surface area contributed by atoms with E-state index in [4.69, 9.17) is 16.2 Å². The number of aliphatic imine (C=N–C) groups is 1. The van der Waals surface area contributed by atoms with Gasteiger partial charge in [-0.05, 0) is 70.6 Å². The molecule has 0 bridgehead atoms. The molecule has 16 N–H and O–H groups in total. The number of fused-ring (bicyclic) bond motifs is 3. The number of carbonyl (C=O) groups is 11. The normalized spacial score (nSPS) is 27.8. The molecule has 7 unspecified atom stereocenters. The number of nitrogens with two attached hydrogens (primary N) is 2. The van der Waals surface area contributed by atoms with Gasteiger partial charge in [0.05, 0.1) is 25.2 Å². The lowest BCUT2D eigenvalue weighted by Gasteiger charge is -2.34. The van der Waals surface area contributed by atoms with Gasteiger partial charge in [0.2, 0.25) is 47.3 Å². The fourth-order valence-electron chi connectivity index (χ4n) is 10.7. The third-order valence-corrected chi connectivity index (χ3v) is 15.3. The van der Waals surface area contributed by atoms with Crippen molar-refractivity contribution in [3.05, 3.63) is 0 Å². The number of nitrogens with one attached hydrogen (secondary N) is 5. The van der Waals surface area contributed by atoms with Gasteiger partial charge in [0.1, 0.15) is 48.4 Å². The van der Waals surface area contributed by atoms with Crippen LogP contribution in [0.5, 0.6) is 0 Å². The molecular weight excluding hydrogens is 1090 g/mol. The molecule has 30 nitrogen and oxygen atoms in total. The fourth-order valence-corrected chi connectivity index (χ4v) is 10.7. The highest BCUT2D eigenvalue weighted by Gasteiger charge is 2.48. The number of ether oxygens (including phenoxy) is 1. The van der Waals surface area contributed by atoms with E-state index >= 15 is 0 Å². The van der Waals surface area contributed by atoms with E-state index in [1.807, 2.05) is 10.6 Å². The van der Waals surface area contributed by atoms with E-state index in [2.05, 4.69) is 34.8 Å². The van der Waals surface area contributed by atoms with Gasteiger partial charge in [-0.2, -0.15) is 0 Å². The number of rotatable bonds is 22. The average molecular weight is 1180 g/mol. The molecule has 4 aliphatic rings. The number of hydrogen-bond donors (Lipinski definition) is 14. The van der Waals surface area contributed by atoms with Crippen LogP contribution in [0.4, 0.5) is 0 Å². The van der Waals surface area contributed by atoms with Crippen LogP contribution < -0.4 is 38.1 Å². The summed E-state index contributed by atoms with van der Waals surface area (Å²) in [5.74, 6) is -14.4. The molecule has 4 heterocycles. The quantitative estimate of drug-likeness (QED) is 0.0212. The van der Waals surface area contributed by atoms with Crippen LogP contribution in [0.25, 0.3) is 0 Å². The largest absolute Gasteiger partial charge is 0.479 e. The molecule has 4 fully saturated rings. The molecule has 4 aliphatic heterocycles. The van der Waals surface area contributed by atoms with Crippen LogP contribution in [0.15, 0.2) is 4.99 Å². The molecule has 30 heteroatoms. The van der Waals surface area contributed by atoms with Crippen molar-refractivity contribution in [2.24, 2.45) is 22.4 Å². The van der Waals surface area contributed by atoms with E-state index in [0.717, 1.165) is 56.3 Å². The minimum atomic E-state index is -2.76. The lowest BCUT2D eigenvalue weighted by atomic mass is 10.0. The molecule has 0 aromatic rings. The highest BCUT2D eigenvalue weighted by molar-refractivity contribution is 6.00. The zero-order valence-electron chi connectivity index (χ0n) is 47.5. The van der Waals surface area contributed by atoms with Gasteiger partial charge in [0.25, 0.3) is 0 Å². The van der Waals surface area contributed by atoms with Gasteiger partial charge < -0.3 is 93.2 Å². The van der Waals surface area contributed by atoms with Crippen molar-refractivity contribution in [1.82, 2.24) is 41.3 Å². The second kappa shape index (κ2) is 33.5. The Kier molecular flexibility index (Phi) is 27.8. The number of aliphatic hydroxyl groups excluding tert-OH is 5. The number of esters is 1. The van der Waals surface area contributed by atoms with Crippen LogP contribution in [-0.4, -0.2) is 233 Å². The Hall–Kier alpha value is -6.76. The molecule has 0 aromatic heterocycles. The molecule has 468 valence electrons. The topological polar surface area (TPSA) is 473 Å². The number of amides is 8. The van der Waals surface area contributed by atoms with Crippen molar-refractivity contribution >= 4 is 71.1 Å². The smallest absolute Gasteiger partial charge is 0.335 e. The number of carbonyl (C=O) groups excluding carboxylic acids is 9. The lowest BCUT2D eigenvalue weighted by molar-refractivity contribution is -0.165. The Labute approximate surface area is 481 Å². The first-order valence-electron chi connectivity index (χ1n) is 28.8. The van der Waals surface area contributed by atoms with Crippen molar-refractivity contribution in [3.63, 3.8) is 0 Å². The number of hydrogen-bond acceptors (Lipinski definition) is 18. The molecule has 0 aliphatic carbocycles. The lowest BCUT2D eigenvalue weighted by Crippen LogP contribution is -2.64. The molecule has 0 spiro atoms. The Morgan fingerprint density at radius 1 is 0.602 bits per heavy atom. The highest BCUT2D eigenvalue weighted by Crippen LogP contribution is 2.27. The number of cyclic esters (lactones) is 1. The number of aliphatic hydroxyl groups is 5. The van der Waals surface area contributed by atoms with Crippen LogP contribution in [0.1, 0.15) is 143 Å². The van der Waals surface area contributed by atoms with Crippen LogP contribution in [-0.2, 0) is 57.5 Å². The van der Waals surface area contributed by atoms with E-state index in [1.165, 1.54) is 11.8 Å². The first-order chi connectivity index (χ1) is 39.3. The number of carboxylic acids is 2. The molecule has 8 amide bonds. The van der Waals surface area contributed by atoms with E-state index in [-0.39, 0.29) is 77.0 Å². The summed E-state index contributed by atoms with van der Waals surface area (Å²) in [5.41, 5.74) is 10.9. The maximum Gasteiger partial charge on any atom is 0.335 e. The zero-order valence-corrected chi connectivity index (χ0v) is 47.5. The summed E-state index contributed by atoms with van der Waals surface area (Å²) in [6, 6.07) is -14.9. The first-order valence-corrected chi connectivity index (χ1v) is 28.8. The Morgan fingerprint density at radius 2 is 1.16 bits per heavy atom. The number of carboxylic acid groups (broad SMARTS) is 2. The van der Waals surface area contributed by atoms with Crippen molar-refractivity contribution in [2.75, 3.05) is 32.8 Å². The van der Waals surface area contributed by atoms with Gasteiger partial charge in [0, 0.05) is 26.2 Å². The number of guanidine groups is 1. The zero-order chi connectivity index (χ0) is 61.7. The summed E-state index contributed by atoms with van der Waals surface area (Å²) < 4.78 is 5.68. The minimum Gasteiger partial charge on any atom is -0.479 e. The van der Waals surface area contributed by atoms with Crippen molar-refractivity contribution in [1.29, 1.82) is 0 Å². The SMILES string of the molecule is CC(C)CCCCCCCCCCCC1CC(=O)N[C@H]([C@H](C)O)C(=O)N2CCCC2C(=O)N2CCC[C@H]2C(=O)NC(CCCN=C(N)N)C(=O)N[C@@H](C(O)C(=O)O)C(=O)NC(CO)C(=O)N2CCC(O)[C@H]2C(=O)N[C@@H](C(O)C(=O)O)C(=O)O1. The van der Waals surface area contributed by atoms with Gasteiger partial charge >= 0.3 is 17.9 Å². The molecule has 83 heavy (non-hydrogen) atoms. The fraction of sp³-hybridized carbons (Fsp3) is 0.774. The maximum atomic E-state index is 14.5. The van der Waals surface area contributed by atoms with Gasteiger partial charge in [0.15, 0.2) is 24.2 Å². The molecule has 0 aromatic carbocycles. The Morgan fingerprint density at radius 3 is 1.73 bits per heavy atom. The number of unbranched alkanes of at least 4 members (excludes halogenated alkanes) is 8. The summed E-state index contributed by atoms with van der Waals surface area (Å²) >= 11 is 0. The third kappa shape index (κ3) is 20.2. The van der Waals surface area contributed by atoms with Crippen molar-refractivity contribution in [3.8, 4) is 0 Å². The Bertz CT molecular complexity index is 2300. The molecule has 4 saturated heterocycles. The number of aliphatic carboxylic acids is 2. The van der Waals surface area contributed by atoms with Crippen LogP contribution in [0.3, 0.4) is 0 Å². The monoisotopic (exact) mass is 1180 g/mol. The van der Waals surface area contributed by atoms with Crippen molar-refractivity contribution < 1.29 is 93.2 Å². The predicted molar refractivity (Wildman–Crippen MR) is 291 cm³/mol. The van der Waals surface area contributed by atoms with Gasteiger partial charge in [-0.25, -0.2) is 14.4 Å². The third-order valence-electron chi connectivity index (χ3n) is 15.3. The summed E-state index contributed by atoms with van der Waals surface area (Å²) in [4.78, 5) is 159. The van der Waals surface area contributed by atoms with E-state index in [9.17, 15) is 88.5 Å². The highest BCUT2D eigenvalue weighted by atomic mass is 16.5. The first kappa shape index (κ1) is 68.7. The standard InChI is InChI=1S/C53H87N11O19/c1-28(2)16-11-9-7-5-4-6-8-10-12-17-30-26-36(68)59-37(29(3)66)49(77)63-24-15-20-34(63)48(76)62-23-14-19-33(62)44(72)57-31(18-13-22-56-53(54)55)43(71)60-38(41(69)50(78)79)45(73)58-32(27-65)47(75)64-25-21-35(67)40(64)46(74)61-39(52(82)83-30)42(70)51(80)81/h28-35,37-42,65-67,69-70H,4-27H2,1-3H3,(H,57,72)(H,58,73)(H,59,68)(H,60,71)(H,61,74)(H,78,79)(H,80,81)(H4,54,55,56)/t29-,30?,31?,32?,33-,34?,35?,37+,38-,39-,40-,41?,42?/m0/s1. The molecule has 13 atom stereocenters.